The van der Waals surface area contributed by atoms with Crippen LogP contribution in [0.1, 0.15) is 36.2 Å². The molecule has 0 bridgehead atoms. The van der Waals surface area contributed by atoms with Gasteiger partial charge in [0.2, 0.25) is 5.95 Å². The van der Waals surface area contributed by atoms with E-state index in [9.17, 15) is 4.79 Å². The van der Waals surface area contributed by atoms with E-state index in [1.807, 2.05) is 37.2 Å². The molecule has 3 aromatic rings. The molecule has 1 amide bonds. The molecule has 0 radical (unpaired) electrons. The molecule has 2 heterocycles. The number of halogens is 2. The number of carbonyl (C=O) groups excluding carboxylic acids is 1. The van der Waals surface area contributed by atoms with Gasteiger partial charge in [-0.3, -0.25) is 4.79 Å². The van der Waals surface area contributed by atoms with Crippen LogP contribution in [0, 0.1) is 0 Å². The van der Waals surface area contributed by atoms with Crippen molar-refractivity contribution in [2.24, 2.45) is 0 Å². The van der Waals surface area contributed by atoms with E-state index >= 15 is 0 Å². The summed E-state index contributed by atoms with van der Waals surface area (Å²) in [6, 6.07) is 13.2. The number of hydrogen-bond acceptors (Lipinski definition) is 6. The average Bonchev–Trinajstić information content (AvgIpc) is 3.26. The standard InChI is InChI=1S/C23H26ClN5O2.ClH/c1-29(2)21-13-14-25-23(28-21)27-18-9-7-17(8-10-18)26-22(30)20-12-11-19(31-20)15-3-5-16(24)6-4-15;/h3-6,11-14,17-18H,7-10H2,1-2H3,(H,26,30)(H,25,27,28);1H. The lowest BCUT2D eigenvalue weighted by Gasteiger charge is -2.29. The first kappa shape index (κ1) is 23.9. The van der Waals surface area contributed by atoms with Gasteiger partial charge in [0.1, 0.15) is 11.6 Å². The van der Waals surface area contributed by atoms with E-state index < -0.39 is 0 Å². The van der Waals surface area contributed by atoms with Crippen molar-refractivity contribution in [1.82, 2.24) is 15.3 Å². The fraction of sp³-hybridized carbons (Fsp3) is 0.348. The number of rotatable bonds is 6. The van der Waals surface area contributed by atoms with Gasteiger partial charge in [0.05, 0.1) is 0 Å². The van der Waals surface area contributed by atoms with Crippen molar-refractivity contribution in [1.29, 1.82) is 0 Å². The molecule has 32 heavy (non-hydrogen) atoms. The first-order valence-electron chi connectivity index (χ1n) is 10.4. The Labute approximate surface area is 199 Å². The average molecular weight is 476 g/mol. The summed E-state index contributed by atoms with van der Waals surface area (Å²) in [6.07, 6.45) is 5.42. The maximum absolute atomic E-state index is 12.6. The van der Waals surface area contributed by atoms with E-state index in [1.54, 1.807) is 30.5 Å². The quantitative estimate of drug-likeness (QED) is 0.519. The molecule has 0 unspecified atom stereocenters. The van der Waals surface area contributed by atoms with Crippen molar-refractivity contribution < 1.29 is 9.21 Å². The van der Waals surface area contributed by atoms with Crippen LogP contribution < -0.4 is 15.5 Å². The zero-order valence-electron chi connectivity index (χ0n) is 18.0. The van der Waals surface area contributed by atoms with Crippen LogP contribution in [-0.2, 0) is 0 Å². The van der Waals surface area contributed by atoms with Crippen molar-refractivity contribution in [3.63, 3.8) is 0 Å². The third kappa shape index (κ3) is 5.93. The highest BCUT2D eigenvalue weighted by Crippen LogP contribution is 2.25. The highest BCUT2D eigenvalue weighted by molar-refractivity contribution is 6.30. The first-order chi connectivity index (χ1) is 15.0. The molecule has 170 valence electrons. The SMILES string of the molecule is CN(C)c1ccnc(NC2CCC(NC(=O)c3ccc(-c4ccc(Cl)cc4)o3)CC2)n1.Cl. The van der Waals surface area contributed by atoms with Gasteiger partial charge in [-0.2, -0.15) is 4.98 Å². The monoisotopic (exact) mass is 475 g/mol. The normalized spacial score (nSPS) is 17.8. The molecule has 0 spiro atoms. The molecule has 4 rings (SSSR count). The summed E-state index contributed by atoms with van der Waals surface area (Å²) >= 11 is 5.93. The molecule has 1 aromatic carbocycles. The minimum absolute atomic E-state index is 0. The Morgan fingerprint density at radius 3 is 2.41 bits per heavy atom. The molecule has 1 saturated carbocycles. The molecule has 2 N–H and O–H groups in total. The Hall–Kier alpha value is -2.77. The lowest BCUT2D eigenvalue weighted by molar-refractivity contribution is 0.0899. The van der Waals surface area contributed by atoms with Crippen LogP contribution in [0.15, 0.2) is 53.1 Å². The second-order valence-corrected chi connectivity index (χ2v) is 8.41. The largest absolute Gasteiger partial charge is 0.451 e. The zero-order valence-corrected chi connectivity index (χ0v) is 19.6. The number of nitrogens with one attached hydrogen (secondary N) is 2. The summed E-state index contributed by atoms with van der Waals surface area (Å²) in [7, 11) is 3.91. The van der Waals surface area contributed by atoms with Gasteiger partial charge in [-0.1, -0.05) is 11.6 Å². The lowest BCUT2D eigenvalue weighted by Crippen LogP contribution is -2.40. The highest BCUT2D eigenvalue weighted by atomic mass is 35.5. The number of aromatic nitrogens is 2. The van der Waals surface area contributed by atoms with Crippen molar-refractivity contribution in [3.8, 4) is 11.3 Å². The summed E-state index contributed by atoms with van der Waals surface area (Å²) < 4.78 is 5.76. The molecule has 1 fully saturated rings. The predicted octanol–water partition coefficient (Wildman–Crippen LogP) is 5.03. The van der Waals surface area contributed by atoms with Crippen molar-refractivity contribution in [3.05, 3.63) is 59.4 Å². The van der Waals surface area contributed by atoms with Crippen LogP contribution in [0.3, 0.4) is 0 Å². The third-order valence-corrected chi connectivity index (χ3v) is 5.71. The maximum atomic E-state index is 12.6. The molecule has 9 heteroatoms. The van der Waals surface area contributed by atoms with Gasteiger partial charge < -0.3 is 20.0 Å². The van der Waals surface area contributed by atoms with Gasteiger partial charge in [0, 0.05) is 43.0 Å². The second-order valence-electron chi connectivity index (χ2n) is 7.97. The second kappa shape index (κ2) is 10.7. The first-order valence-corrected chi connectivity index (χ1v) is 10.8. The van der Waals surface area contributed by atoms with E-state index in [2.05, 4.69) is 20.6 Å². The summed E-state index contributed by atoms with van der Waals surface area (Å²) in [5.74, 6) is 2.30. The predicted molar refractivity (Wildman–Crippen MR) is 130 cm³/mol. The van der Waals surface area contributed by atoms with Crippen LogP contribution in [0.4, 0.5) is 11.8 Å². The molecule has 0 aliphatic heterocycles. The molecule has 0 saturated heterocycles. The van der Waals surface area contributed by atoms with Gasteiger partial charge in [-0.05, 0) is 68.1 Å². The lowest BCUT2D eigenvalue weighted by atomic mass is 9.91. The zero-order chi connectivity index (χ0) is 21.8. The molecule has 0 atom stereocenters. The van der Waals surface area contributed by atoms with Crippen LogP contribution in [0.5, 0.6) is 0 Å². The van der Waals surface area contributed by atoms with E-state index in [0.717, 1.165) is 37.1 Å². The Kier molecular flexibility index (Phi) is 7.99. The topological polar surface area (TPSA) is 83.3 Å². The van der Waals surface area contributed by atoms with E-state index in [4.69, 9.17) is 16.0 Å². The van der Waals surface area contributed by atoms with E-state index in [0.29, 0.717) is 28.5 Å². The van der Waals surface area contributed by atoms with Gasteiger partial charge in [0.25, 0.3) is 5.91 Å². The maximum Gasteiger partial charge on any atom is 0.287 e. The van der Waals surface area contributed by atoms with Crippen molar-refractivity contribution in [2.75, 3.05) is 24.3 Å². The number of nitrogens with zero attached hydrogens (tertiary/aromatic N) is 3. The summed E-state index contributed by atoms with van der Waals surface area (Å²) in [5.41, 5.74) is 0.885. The fourth-order valence-electron chi connectivity index (χ4n) is 3.72. The van der Waals surface area contributed by atoms with Crippen LogP contribution in [-0.4, -0.2) is 42.1 Å². The Bertz CT molecular complexity index is 1030. The number of hydrogen-bond donors (Lipinski definition) is 2. The number of carbonyl (C=O) groups is 1. The Morgan fingerprint density at radius 1 is 1.03 bits per heavy atom. The van der Waals surface area contributed by atoms with Crippen LogP contribution in [0.2, 0.25) is 5.02 Å². The van der Waals surface area contributed by atoms with E-state index in [1.165, 1.54) is 0 Å². The number of anilines is 2. The van der Waals surface area contributed by atoms with Gasteiger partial charge in [0.15, 0.2) is 5.76 Å². The Morgan fingerprint density at radius 2 is 1.72 bits per heavy atom. The van der Waals surface area contributed by atoms with Crippen molar-refractivity contribution >= 4 is 41.7 Å². The minimum atomic E-state index is -0.182. The minimum Gasteiger partial charge on any atom is -0.451 e. The molecule has 7 nitrogen and oxygen atoms in total. The van der Waals surface area contributed by atoms with Crippen LogP contribution >= 0.6 is 24.0 Å². The van der Waals surface area contributed by atoms with Crippen molar-refractivity contribution in [2.45, 2.75) is 37.8 Å². The molecule has 1 aliphatic carbocycles. The number of benzene rings is 1. The van der Waals surface area contributed by atoms with Gasteiger partial charge in [-0.25, -0.2) is 4.98 Å². The molecule has 1 aliphatic rings. The third-order valence-electron chi connectivity index (χ3n) is 5.45. The van der Waals surface area contributed by atoms with Crippen LogP contribution in [0.25, 0.3) is 11.3 Å². The molecule has 2 aromatic heterocycles. The summed E-state index contributed by atoms with van der Waals surface area (Å²) in [4.78, 5) is 23.4. The fourth-order valence-corrected chi connectivity index (χ4v) is 3.84. The summed E-state index contributed by atoms with van der Waals surface area (Å²) in [6.45, 7) is 0. The summed E-state index contributed by atoms with van der Waals surface area (Å²) in [5, 5.41) is 7.18. The number of furan rings is 1. The Balaban J connectivity index is 0.00000289. The van der Waals surface area contributed by atoms with E-state index in [-0.39, 0.29) is 24.4 Å². The number of amides is 1. The molecular weight excluding hydrogens is 449 g/mol. The molecular formula is C23H27Cl2N5O2. The highest BCUT2D eigenvalue weighted by Gasteiger charge is 2.24. The smallest absolute Gasteiger partial charge is 0.287 e. The van der Waals surface area contributed by atoms with Gasteiger partial charge in [-0.15, -0.1) is 12.4 Å². The van der Waals surface area contributed by atoms with Gasteiger partial charge >= 0.3 is 0 Å².